The van der Waals surface area contributed by atoms with Gasteiger partial charge in [-0.25, -0.2) is 4.79 Å². The first-order valence-electron chi connectivity index (χ1n) is 9.45. The molecule has 162 valence electrons. The number of hydrogen-bond acceptors (Lipinski definition) is 7. The smallest absolute Gasteiger partial charge is 0.338 e. The van der Waals surface area contributed by atoms with Gasteiger partial charge in [0.2, 0.25) is 0 Å². The highest BCUT2D eigenvalue weighted by atomic mass is 32.1. The van der Waals surface area contributed by atoms with Gasteiger partial charge in [0, 0.05) is 22.8 Å². The number of nitrogens with one attached hydrogen (secondary N) is 1. The van der Waals surface area contributed by atoms with Crippen molar-refractivity contribution in [3.05, 3.63) is 74.8 Å². The van der Waals surface area contributed by atoms with Gasteiger partial charge < -0.3 is 19.5 Å². The van der Waals surface area contributed by atoms with E-state index in [0.717, 1.165) is 17.0 Å². The summed E-state index contributed by atoms with van der Waals surface area (Å²) in [4.78, 5) is 35.8. The topological polar surface area (TPSA) is 95.9 Å². The van der Waals surface area contributed by atoms with Crippen LogP contribution in [-0.2, 0) is 16.1 Å². The third-order valence-electron chi connectivity index (χ3n) is 4.34. The van der Waals surface area contributed by atoms with Gasteiger partial charge in [0.25, 0.3) is 5.91 Å². The average molecular weight is 442 g/mol. The van der Waals surface area contributed by atoms with Gasteiger partial charge in [-0.3, -0.25) is 14.2 Å². The molecular formula is C22H22N2O6S. The van der Waals surface area contributed by atoms with Crippen molar-refractivity contribution in [1.82, 2.24) is 4.57 Å². The van der Waals surface area contributed by atoms with E-state index in [4.69, 9.17) is 14.2 Å². The number of carbonyl (C=O) groups excluding carboxylic acids is 2. The van der Waals surface area contributed by atoms with E-state index in [1.54, 1.807) is 65.6 Å². The molecule has 0 radical (unpaired) electrons. The van der Waals surface area contributed by atoms with Crippen molar-refractivity contribution in [2.45, 2.75) is 13.5 Å². The molecule has 0 atom stereocenters. The van der Waals surface area contributed by atoms with Crippen LogP contribution in [0.4, 0.5) is 5.69 Å². The molecule has 9 heteroatoms. The first kappa shape index (κ1) is 22.1. The number of thiazole rings is 1. The van der Waals surface area contributed by atoms with Crippen LogP contribution < -0.4 is 19.7 Å². The number of anilines is 1. The van der Waals surface area contributed by atoms with E-state index in [9.17, 15) is 14.4 Å². The number of rotatable bonds is 9. The Balaban J connectivity index is 1.45. The first-order chi connectivity index (χ1) is 15.0. The molecule has 8 nitrogen and oxygen atoms in total. The number of hydrogen-bond donors (Lipinski definition) is 1. The Morgan fingerprint density at radius 2 is 1.87 bits per heavy atom. The molecule has 1 N–H and O–H groups in total. The summed E-state index contributed by atoms with van der Waals surface area (Å²) >= 11 is 1.12. The van der Waals surface area contributed by atoms with Crippen molar-refractivity contribution in [2.24, 2.45) is 0 Å². The molecule has 1 heterocycles. The molecule has 0 bridgehead atoms. The van der Waals surface area contributed by atoms with E-state index in [0.29, 0.717) is 29.3 Å². The molecule has 0 saturated heterocycles. The molecule has 0 aliphatic rings. The number of carbonyl (C=O) groups is 2. The maximum absolute atomic E-state index is 12.2. The quantitative estimate of drug-likeness (QED) is 0.512. The van der Waals surface area contributed by atoms with Crippen molar-refractivity contribution in [3.8, 4) is 11.5 Å². The zero-order valence-electron chi connectivity index (χ0n) is 17.1. The van der Waals surface area contributed by atoms with Crippen LogP contribution in [0, 0.1) is 6.92 Å². The molecule has 3 rings (SSSR count). The Bertz CT molecular complexity index is 1100. The SMILES string of the molecule is COc1cccc(NC(=O)COc2ccc(C(=O)OCCn3c(C)csc3=O)cc2)c1. The fraction of sp³-hybridized carbons (Fsp3) is 0.227. The summed E-state index contributed by atoms with van der Waals surface area (Å²) in [5.74, 6) is 0.260. The molecule has 2 aromatic carbocycles. The van der Waals surface area contributed by atoms with E-state index in [2.05, 4.69) is 5.32 Å². The molecule has 1 aromatic heterocycles. The van der Waals surface area contributed by atoms with Crippen molar-refractivity contribution < 1.29 is 23.8 Å². The van der Waals surface area contributed by atoms with Crippen LogP contribution in [0.3, 0.4) is 0 Å². The summed E-state index contributed by atoms with van der Waals surface area (Å²) in [7, 11) is 1.55. The first-order valence-corrected chi connectivity index (χ1v) is 10.3. The second-order valence-corrected chi connectivity index (χ2v) is 7.34. The summed E-state index contributed by atoms with van der Waals surface area (Å²) in [6.07, 6.45) is 0. The lowest BCUT2D eigenvalue weighted by Crippen LogP contribution is -2.20. The highest BCUT2D eigenvalue weighted by Crippen LogP contribution is 2.17. The van der Waals surface area contributed by atoms with E-state index in [1.165, 1.54) is 0 Å². The standard InChI is InChI=1S/C22H22N2O6S/c1-15-14-31-22(27)24(15)10-11-29-21(26)16-6-8-18(9-7-16)30-13-20(25)23-17-4-3-5-19(12-17)28-2/h3-9,12,14H,10-11,13H2,1-2H3,(H,23,25). The minimum atomic E-state index is -0.497. The molecule has 1 amide bonds. The van der Waals surface area contributed by atoms with Gasteiger partial charge in [-0.2, -0.15) is 0 Å². The van der Waals surface area contributed by atoms with Gasteiger partial charge in [0.15, 0.2) is 6.61 Å². The van der Waals surface area contributed by atoms with E-state index in [-0.39, 0.29) is 24.0 Å². The Kier molecular flexibility index (Phi) is 7.45. The third-order valence-corrected chi connectivity index (χ3v) is 5.22. The number of ether oxygens (including phenoxy) is 3. The fourth-order valence-electron chi connectivity index (χ4n) is 2.72. The number of methoxy groups -OCH3 is 1. The summed E-state index contributed by atoms with van der Waals surface area (Å²) in [5, 5.41) is 4.48. The zero-order chi connectivity index (χ0) is 22.2. The number of nitrogens with zero attached hydrogens (tertiary/aromatic N) is 1. The zero-order valence-corrected chi connectivity index (χ0v) is 17.9. The average Bonchev–Trinajstić information content (AvgIpc) is 3.10. The van der Waals surface area contributed by atoms with E-state index in [1.807, 2.05) is 6.92 Å². The Hall–Kier alpha value is -3.59. The van der Waals surface area contributed by atoms with Gasteiger partial charge in [-0.05, 0) is 43.3 Å². The number of aromatic nitrogens is 1. The van der Waals surface area contributed by atoms with Crippen molar-refractivity contribution in [2.75, 3.05) is 25.6 Å². The predicted octanol–water partition coefficient (Wildman–Crippen LogP) is 3.10. The molecule has 31 heavy (non-hydrogen) atoms. The van der Waals surface area contributed by atoms with Crippen molar-refractivity contribution in [3.63, 3.8) is 0 Å². The van der Waals surface area contributed by atoms with Gasteiger partial charge in [-0.15, -0.1) is 0 Å². The lowest BCUT2D eigenvalue weighted by atomic mass is 10.2. The molecular weight excluding hydrogens is 420 g/mol. The highest BCUT2D eigenvalue weighted by molar-refractivity contribution is 7.07. The largest absolute Gasteiger partial charge is 0.497 e. The number of benzene rings is 2. The molecule has 0 fully saturated rings. The predicted molar refractivity (Wildman–Crippen MR) is 117 cm³/mol. The maximum atomic E-state index is 12.2. The van der Waals surface area contributed by atoms with Crippen LogP contribution in [0.1, 0.15) is 16.1 Å². The minimum absolute atomic E-state index is 0.0783. The normalized spacial score (nSPS) is 10.4. The Morgan fingerprint density at radius 3 is 2.55 bits per heavy atom. The van der Waals surface area contributed by atoms with Gasteiger partial charge in [0.05, 0.1) is 19.2 Å². The molecule has 0 aliphatic heterocycles. The lowest BCUT2D eigenvalue weighted by Gasteiger charge is -2.09. The Labute approximate surface area is 183 Å². The van der Waals surface area contributed by atoms with E-state index < -0.39 is 5.97 Å². The second-order valence-electron chi connectivity index (χ2n) is 6.52. The van der Waals surface area contributed by atoms with Crippen LogP contribution in [0.5, 0.6) is 11.5 Å². The molecule has 0 unspecified atom stereocenters. The monoisotopic (exact) mass is 442 g/mol. The van der Waals surface area contributed by atoms with Crippen molar-refractivity contribution >= 4 is 28.9 Å². The van der Waals surface area contributed by atoms with E-state index >= 15 is 0 Å². The Morgan fingerprint density at radius 1 is 1.10 bits per heavy atom. The summed E-state index contributed by atoms with van der Waals surface area (Å²) < 4.78 is 17.4. The van der Waals surface area contributed by atoms with Crippen LogP contribution >= 0.6 is 11.3 Å². The molecule has 3 aromatic rings. The third kappa shape index (κ3) is 6.19. The summed E-state index contributed by atoms with van der Waals surface area (Å²) in [6, 6.07) is 13.3. The number of esters is 1. The molecule has 0 aliphatic carbocycles. The van der Waals surface area contributed by atoms with Gasteiger partial charge in [-0.1, -0.05) is 17.4 Å². The maximum Gasteiger partial charge on any atom is 0.338 e. The fourth-order valence-corrected chi connectivity index (χ4v) is 3.48. The highest BCUT2D eigenvalue weighted by Gasteiger charge is 2.10. The number of aryl methyl sites for hydroxylation is 1. The summed E-state index contributed by atoms with van der Waals surface area (Å²) in [5.41, 5.74) is 1.79. The van der Waals surface area contributed by atoms with Gasteiger partial charge >= 0.3 is 10.8 Å². The van der Waals surface area contributed by atoms with Crippen LogP contribution in [0.25, 0.3) is 0 Å². The minimum Gasteiger partial charge on any atom is -0.497 e. The van der Waals surface area contributed by atoms with Crippen LogP contribution in [0.15, 0.2) is 58.7 Å². The van der Waals surface area contributed by atoms with Gasteiger partial charge in [0.1, 0.15) is 18.1 Å². The van der Waals surface area contributed by atoms with Crippen LogP contribution in [-0.4, -0.2) is 36.8 Å². The summed E-state index contributed by atoms with van der Waals surface area (Å²) in [6.45, 7) is 2.05. The second kappa shape index (κ2) is 10.4. The molecule has 0 spiro atoms. The van der Waals surface area contributed by atoms with Crippen molar-refractivity contribution in [1.29, 1.82) is 0 Å². The lowest BCUT2D eigenvalue weighted by molar-refractivity contribution is -0.118. The number of amides is 1. The molecule has 0 saturated carbocycles. The van der Waals surface area contributed by atoms with Crippen LogP contribution in [0.2, 0.25) is 0 Å².